The fourth-order valence-corrected chi connectivity index (χ4v) is 2.60. The molecule has 1 fully saturated rings. The van der Waals surface area contributed by atoms with Crippen LogP contribution in [0.15, 0.2) is 24.3 Å². The molecule has 1 aromatic rings. The number of carboxylic acids is 1. The summed E-state index contributed by atoms with van der Waals surface area (Å²) in [5.74, 6) is 0.226. The van der Waals surface area contributed by atoms with Gasteiger partial charge in [-0.15, -0.1) is 0 Å². The summed E-state index contributed by atoms with van der Waals surface area (Å²) in [4.78, 5) is 13.3. The highest BCUT2D eigenvalue weighted by Gasteiger charge is 2.36. The molecule has 0 saturated carbocycles. The number of likely N-dealkylation sites (tertiary alicyclic amines) is 1. The fourth-order valence-electron chi connectivity index (χ4n) is 2.60. The molecule has 0 spiro atoms. The molecule has 1 N–H and O–H groups in total. The first-order chi connectivity index (χ1) is 9.52. The van der Waals surface area contributed by atoms with Crippen LogP contribution in [-0.4, -0.2) is 35.7 Å². The van der Waals surface area contributed by atoms with Crippen molar-refractivity contribution in [2.24, 2.45) is 11.8 Å². The zero-order chi connectivity index (χ0) is 14.7. The van der Waals surface area contributed by atoms with E-state index in [1.807, 2.05) is 19.1 Å². The number of ether oxygens (including phenoxy) is 1. The molecule has 1 heterocycles. The molecule has 2 unspecified atom stereocenters. The second-order valence-corrected chi connectivity index (χ2v) is 5.52. The molecule has 4 nitrogen and oxygen atoms in total. The molecule has 0 aromatic heterocycles. The van der Waals surface area contributed by atoms with E-state index in [0.717, 1.165) is 18.8 Å². The van der Waals surface area contributed by atoms with Gasteiger partial charge in [-0.3, -0.25) is 9.69 Å². The van der Waals surface area contributed by atoms with E-state index >= 15 is 0 Å². The summed E-state index contributed by atoms with van der Waals surface area (Å²) in [5.41, 5.74) is 1.25. The molecule has 1 saturated heterocycles. The Morgan fingerprint density at radius 3 is 2.45 bits per heavy atom. The van der Waals surface area contributed by atoms with Crippen molar-refractivity contribution < 1.29 is 14.6 Å². The lowest BCUT2D eigenvalue weighted by Crippen LogP contribution is -2.51. The standard InChI is InChI=1S/C16H23NO3/c1-4-20-15-7-5-13(6-8-15)12(3)17-9-14(10-17)11(2)16(18)19/h5-8,11-12,14H,4,9-10H2,1-3H3,(H,18,19). The van der Waals surface area contributed by atoms with E-state index in [-0.39, 0.29) is 11.8 Å². The second-order valence-electron chi connectivity index (χ2n) is 5.52. The Labute approximate surface area is 120 Å². The average molecular weight is 277 g/mol. The molecule has 4 heteroatoms. The van der Waals surface area contributed by atoms with Gasteiger partial charge in [0, 0.05) is 19.1 Å². The lowest BCUT2D eigenvalue weighted by Gasteiger charge is -2.45. The molecule has 2 rings (SSSR count). The van der Waals surface area contributed by atoms with Crippen LogP contribution in [0.1, 0.15) is 32.4 Å². The summed E-state index contributed by atoms with van der Waals surface area (Å²) in [6, 6.07) is 8.48. The van der Waals surface area contributed by atoms with E-state index in [1.54, 1.807) is 6.92 Å². The van der Waals surface area contributed by atoms with Crippen LogP contribution >= 0.6 is 0 Å². The van der Waals surface area contributed by atoms with Crippen molar-refractivity contribution in [3.63, 3.8) is 0 Å². The predicted octanol–water partition coefficient (Wildman–Crippen LogP) is 2.80. The van der Waals surface area contributed by atoms with Gasteiger partial charge in [0.25, 0.3) is 0 Å². The minimum Gasteiger partial charge on any atom is -0.494 e. The zero-order valence-electron chi connectivity index (χ0n) is 12.4. The van der Waals surface area contributed by atoms with Gasteiger partial charge in [-0.25, -0.2) is 0 Å². The highest BCUT2D eigenvalue weighted by Crippen LogP contribution is 2.32. The SMILES string of the molecule is CCOc1ccc(C(C)N2CC(C(C)C(=O)O)C2)cc1. The van der Waals surface area contributed by atoms with E-state index in [1.165, 1.54) is 5.56 Å². The van der Waals surface area contributed by atoms with Crippen LogP contribution in [0, 0.1) is 11.8 Å². The number of benzene rings is 1. The summed E-state index contributed by atoms with van der Waals surface area (Å²) in [6.07, 6.45) is 0. The van der Waals surface area contributed by atoms with Crippen molar-refractivity contribution in [2.75, 3.05) is 19.7 Å². The lowest BCUT2D eigenvalue weighted by atomic mass is 9.85. The third-order valence-corrected chi connectivity index (χ3v) is 4.26. The normalized spacial score (nSPS) is 19.1. The van der Waals surface area contributed by atoms with E-state index in [2.05, 4.69) is 24.0 Å². The van der Waals surface area contributed by atoms with Gasteiger partial charge in [-0.2, -0.15) is 0 Å². The molecule has 0 amide bonds. The van der Waals surface area contributed by atoms with Gasteiger partial charge < -0.3 is 9.84 Å². The van der Waals surface area contributed by atoms with Crippen molar-refractivity contribution in [1.82, 2.24) is 4.90 Å². The molecule has 110 valence electrons. The van der Waals surface area contributed by atoms with Gasteiger partial charge >= 0.3 is 5.97 Å². The molecule has 1 aromatic carbocycles. The summed E-state index contributed by atoms with van der Waals surface area (Å²) < 4.78 is 5.44. The number of carbonyl (C=O) groups is 1. The minimum atomic E-state index is -0.691. The molecule has 0 bridgehead atoms. The number of hydrogen-bond acceptors (Lipinski definition) is 3. The van der Waals surface area contributed by atoms with Gasteiger partial charge in [0.1, 0.15) is 5.75 Å². The summed E-state index contributed by atoms with van der Waals surface area (Å²) in [5, 5.41) is 9.01. The quantitative estimate of drug-likeness (QED) is 0.868. The number of carboxylic acid groups (broad SMARTS) is 1. The molecule has 1 aliphatic heterocycles. The van der Waals surface area contributed by atoms with Crippen LogP contribution in [0.25, 0.3) is 0 Å². The largest absolute Gasteiger partial charge is 0.494 e. The topological polar surface area (TPSA) is 49.8 Å². The van der Waals surface area contributed by atoms with E-state index in [9.17, 15) is 4.79 Å². The Bertz CT molecular complexity index is 451. The van der Waals surface area contributed by atoms with Crippen LogP contribution in [0.4, 0.5) is 0 Å². The number of nitrogens with zero attached hydrogens (tertiary/aromatic N) is 1. The van der Waals surface area contributed by atoms with Gasteiger partial charge in [-0.1, -0.05) is 19.1 Å². The highest BCUT2D eigenvalue weighted by molar-refractivity contribution is 5.70. The van der Waals surface area contributed by atoms with Crippen molar-refractivity contribution in [3.05, 3.63) is 29.8 Å². The Balaban J connectivity index is 1.90. The molecule has 2 atom stereocenters. The van der Waals surface area contributed by atoms with Gasteiger partial charge in [-0.05, 0) is 37.5 Å². The van der Waals surface area contributed by atoms with Crippen LogP contribution in [0.3, 0.4) is 0 Å². The zero-order valence-corrected chi connectivity index (χ0v) is 12.4. The number of hydrogen-bond donors (Lipinski definition) is 1. The van der Waals surface area contributed by atoms with E-state index < -0.39 is 5.97 Å². The highest BCUT2D eigenvalue weighted by atomic mass is 16.5. The van der Waals surface area contributed by atoms with Crippen LogP contribution in [0.5, 0.6) is 5.75 Å². The van der Waals surface area contributed by atoms with E-state index in [4.69, 9.17) is 9.84 Å². The third kappa shape index (κ3) is 3.12. The maximum absolute atomic E-state index is 10.9. The number of rotatable bonds is 6. The average Bonchev–Trinajstić information content (AvgIpc) is 2.37. The molecule has 0 aliphatic carbocycles. The van der Waals surface area contributed by atoms with E-state index in [0.29, 0.717) is 12.6 Å². The first-order valence-corrected chi connectivity index (χ1v) is 7.22. The van der Waals surface area contributed by atoms with Crippen molar-refractivity contribution in [1.29, 1.82) is 0 Å². The monoisotopic (exact) mass is 277 g/mol. The van der Waals surface area contributed by atoms with Crippen molar-refractivity contribution in [3.8, 4) is 5.75 Å². The third-order valence-electron chi connectivity index (χ3n) is 4.26. The molecular weight excluding hydrogens is 254 g/mol. The Kier molecular flexibility index (Phi) is 4.65. The molecule has 1 aliphatic rings. The van der Waals surface area contributed by atoms with Gasteiger partial charge in [0.15, 0.2) is 0 Å². The number of aliphatic carboxylic acids is 1. The lowest BCUT2D eigenvalue weighted by molar-refractivity contribution is -0.146. The first-order valence-electron chi connectivity index (χ1n) is 7.22. The summed E-state index contributed by atoms with van der Waals surface area (Å²) in [6.45, 7) is 8.34. The summed E-state index contributed by atoms with van der Waals surface area (Å²) in [7, 11) is 0. The van der Waals surface area contributed by atoms with Crippen LogP contribution in [0.2, 0.25) is 0 Å². The molecule has 0 radical (unpaired) electrons. The van der Waals surface area contributed by atoms with Gasteiger partial charge in [0.05, 0.1) is 12.5 Å². The Hall–Kier alpha value is -1.55. The van der Waals surface area contributed by atoms with Gasteiger partial charge in [0.2, 0.25) is 0 Å². The summed E-state index contributed by atoms with van der Waals surface area (Å²) >= 11 is 0. The van der Waals surface area contributed by atoms with Crippen LogP contribution < -0.4 is 4.74 Å². The predicted molar refractivity (Wildman–Crippen MR) is 77.9 cm³/mol. The molecular formula is C16H23NO3. The Morgan fingerprint density at radius 1 is 1.35 bits per heavy atom. The molecule has 20 heavy (non-hydrogen) atoms. The van der Waals surface area contributed by atoms with Crippen molar-refractivity contribution >= 4 is 5.97 Å². The second kappa shape index (κ2) is 6.27. The van der Waals surface area contributed by atoms with Crippen LogP contribution in [-0.2, 0) is 4.79 Å². The Morgan fingerprint density at radius 2 is 1.95 bits per heavy atom. The van der Waals surface area contributed by atoms with Crippen molar-refractivity contribution in [2.45, 2.75) is 26.8 Å². The smallest absolute Gasteiger partial charge is 0.306 e. The maximum atomic E-state index is 10.9. The minimum absolute atomic E-state index is 0.251. The maximum Gasteiger partial charge on any atom is 0.306 e. The fraction of sp³-hybridized carbons (Fsp3) is 0.562. The first kappa shape index (κ1) is 14.9.